The quantitative estimate of drug-likeness (QED) is 0.153. The third-order valence-electron chi connectivity index (χ3n) is 6.61. The van der Waals surface area contributed by atoms with E-state index >= 15 is 0 Å². The number of rotatable bonds is 5. The van der Waals surface area contributed by atoms with E-state index in [-0.39, 0.29) is 80.7 Å². The van der Waals surface area contributed by atoms with E-state index < -0.39 is 12.8 Å². The van der Waals surface area contributed by atoms with E-state index in [1.807, 2.05) is 0 Å². The van der Waals surface area contributed by atoms with Gasteiger partial charge in [-0.2, -0.15) is 0 Å². The van der Waals surface area contributed by atoms with Gasteiger partial charge in [-0.1, -0.05) is 76.6 Å². The molecule has 8 nitrogen and oxygen atoms in total. The van der Waals surface area contributed by atoms with Gasteiger partial charge in [-0.15, -0.1) is 0 Å². The Kier molecular flexibility index (Phi) is 20.6. The first kappa shape index (κ1) is 40.3. The molecule has 0 spiro atoms. The topological polar surface area (TPSA) is 116 Å². The minimum Gasteiger partial charge on any atom is -0.438 e. The van der Waals surface area contributed by atoms with Crippen LogP contribution in [0.5, 0.6) is 0 Å². The van der Waals surface area contributed by atoms with Gasteiger partial charge in [0.1, 0.15) is 0 Å². The fourth-order valence-corrected chi connectivity index (χ4v) is 4.65. The molecule has 0 saturated heterocycles. The molecule has 3 aliphatic carbocycles. The first-order valence-electron chi connectivity index (χ1n) is 12.7. The molecule has 0 atom stereocenters. The number of ketones is 2. The molecular weight excluding hydrogens is 568 g/mol. The van der Waals surface area contributed by atoms with Gasteiger partial charge in [0.05, 0.1) is 11.5 Å². The molecule has 9 heteroatoms. The smallest absolute Gasteiger partial charge is 0.438 e. The van der Waals surface area contributed by atoms with Crippen LogP contribution >= 0.6 is 0 Å². The predicted octanol–water partition coefficient (Wildman–Crippen LogP) is 6.38. The average Bonchev–Trinajstić information content (AvgIpc) is 3.68. The fourth-order valence-electron chi connectivity index (χ4n) is 4.65. The van der Waals surface area contributed by atoms with Crippen LogP contribution in [-0.4, -0.2) is 49.3 Å². The Morgan fingerprint density at radius 3 is 1.76 bits per heavy atom. The molecular formula is C32H44FeO8. The van der Waals surface area contributed by atoms with Crippen LogP contribution in [0.4, 0.5) is 0 Å². The second-order valence-electron chi connectivity index (χ2n) is 9.14. The SMILES string of the molecule is C.C1CCCC1.COCOC(=O)c1ccc2c(c1)C(=O)c1ccccc1C2=O.O=C(OCO)C1CCCC1.[CH3-].[CH3-].[Fe+2]. The number of hydrogen-bond acceptors (Lipinski definition) is 8. The summed E-state index contributed by atoms with van der Waals surface area (Å²) < 4.78 is 14.0. The summed E-state index contributed by atoms with van der Waals surface area (Å²) >= 11 is 0. The minimum absolute atomic E-state index is 0. The Hall–Kier alpha value is -2.84. The van der Waals surface area contributed by atoms with Gasteiger partial charge in [-0.05, 0) is 31.0 Å². The maximum Gasteiger partial charge on any atom is 2.00 e. The van der Waals surface area contributed by atoms with E-state index in [2.05, 4.69) is 9.47 Å². The summed E-state index contributed by atoms with van der Waals surface area (Å²) in [4.78, 5) is 47.6. The molecule has 0 aromatic heterocycles. The van der Waals surface area contributed by atoms with Gasteiger partial charge in [0, 0.05) is 29.4 Å². The summed E-state index contributed by atoms with van der Waals surface area (Å²) in [6, 6.07) is 11.0. The summed E-state index contributed by atoms with van der Waals surface area (Å²) in [6.45, 7) is -0.652. The van der Waals surface area contributed by atoms with Crippen LogP contribution in [0.25, 0.3) is 0 Å². The molecule has 1 N–H and O–H groups in total. The van der Waals surface area contributed by atoms with E-state index in [1.54, 1.807) is 24.3 Å². The van der Waals surface area contributed by atoms with Gasteiger partial charge in [0.2, 0.25) is 0 Å². The predicted molar refractivity (Wildman–Crippen MR) is 155 cm³/mol. The number of benzene rings is 2. The largest absolute Gasteiger partial charge is 2.00 e. The van der Waals surface area contributed by atoms with E-state index in [0.29, 0.717) is 16.7 Å². The second-order valence-corrected chi connectivity index (χ2v) is 9.14. The number of carbonyl (C=O) groups excluding carboxylic acids is 4. The van der Waals surface area contributed by atoms with E-state index in [9.17, 15) is 19.2 Å². The summed E-state index contributed by atoms with van der Waals surface area (Å²) in [6.07, 6.45) is 11.6. The number of methoxy groups -OCH3 is 1. The van der Waals surface area contributed by atoms with Crippen LogP contribution < -0.4 is 0 Å². The molecule has 0 heterocycles. The molecule has 2 aromatic rings. The molecule has 3 aliphatic rings. The number of esters is 2. The van der Waals surface area contributed by atoms with E-state index in [0.717, 1.165) is 25.7 Å². The molecule has 2 fully saturated rings. The van der Waals surface area contributed by atoms with Gasteiger partial charge in [0.15, 0.2) is 25.2 Å². The van der Waals surface area contributed by atoms with Crippen LogP contribution in [0.1, 0.15) is 107 Å². The Balaban J connectivity index is 0. The zero-order chi connectivity index (χ0) is 26.6. The van der Waals surface area contributed by atoms with Gasteiger partial charge >= 0.3 is 29.0 Å². The average molecular weight is 613 g/mol. The van der Waals surface area contributed by atoms with Crippen molar-refractivity contribution in [1.82, 2.24) is 0 Å². The summed E-state index contributed by atoms with van der Waals surface area (Å²) in [5.41, 5.74) is 1.45. The van der Waals surface area contributed by atoms with Crippen molar-refractivity contribution in [3.05, 3.63) is 85.1 Å². The van der Waals surface area contributed by atoms with Gasteiger partial charge in [-0.3, -0.25) is 14.4 Å². The maximum absolute atomic E-state index is 12.5. The monoisotopic (exact) mass is 612 g/mol. The first-order valence-corrected chi connectivity index (χ1v) is 12.7. The Morgan fingerprint density at radius 1 is 0.780 bits per heavy atom. The Labute approximate surface area is 255 Å². The molecule has 228 valence electrons. The normalized spacial score (nSPS) is 14.4. The molecule has 0 unspecified atom stereocenters. The Bertz CT molecular complexity index is 1100. The van der Waals surface area contributed by atoms with Crippen molar-refractivity contribution in [2.24, 2.45) is 5.92 Å². The number of carbonyl (C=O) groups is 4. The van der Waals surface area contributed by atoms with Crippen molar-refractivity contribution in [3.8, 4) is 0 Å². The van der Waals surface area contributed by atoms with Crippen molar-refractivity contribution in [2.75, 3.05) is 20.7 Å². The summed E-state index contributed by atoms with van der Waals surface area (Å²) in [5.74, 6) is -1.27. The van der Waals surface area contributed by atoms with Crippen LogP contribution in [0.3, 0.4) is 0 Å². The van der Waals surface area contributed by atoms with Crippen molar-refractivity contribution < 1.29 is 55.6 Å². The summed E-state index contributed by atoms with van der Waals surface area (Å²) in [7, 11) is 1.40. The van der Waals surface area contributed by atoms with Crippen LogP contribution in [-0.2, 0) is 36.1 Å². The molecule has 2 saturated carbocycles. The number of hydrogen-bond donors (Lipinski definition) is 1. The van der Waals surface area contributed by atoms with Gasteiger partial charge < -0.3 is 34.2 Å². The molecule has 41 heavy (non-hydrogen) atoms. The Morgan fingerprint density at radius 2 is 1.27 bits per heavy atom. The number of aliphatic hydroxyl groups is 1. The van der Waals surface area contributed by atoms with Crippen LogP contribution in [0.15, 0.2) is 42.5 Å². The molecule has 2 aromatic carbocycles. The third kappa shape index (κ3) is 11.2. The summed E-state index contributed by atoms with van der Waals surface area (Å²) in [5, 5.41) is 8.25. The zero-order valence-corrected chi connectivity index (χ0v) is 24.7. The minimum atomic E-state index is -0.608. The third-order valence-corrected chi connectivity index (χ3v) is 6.61. The van der Waals surface area contributed by atoms with Gasteiger partial charge in [-0.25, -0.2) is 4.79 Å². The zero-order valence-electron chi connectivity index (χ0n) is 23.6. The number of aliphatic hydroxyl groups excluding tert-OH is 1. The first-order chi connectivity index (χ1) is 18.0. The van der Waals surface area contributed by atoms with Crippen LogP contribution in [0.2, 0.25) is 0 Å². The maximum atomic E-state index is 12.5. The van der Waals surface area contributed by atoms with Crippen molar-refractivity contribution >= 4 is 23.5 Å². The molecule has 5 rings (SSSR count). The van der Waals surface area contributed by atoms with Gasteiger partial charge in [0.25, 0.3) is 0 Å². The van der Waals surface area contributed by atoms with Crippen molar-refractivity contribution in [3.63, 3.8) is 0 Å². The standard InChI is InChI=1S/C17H12O5.C7H12O3.C5H10.CH4.2CH3.Fe/c1-21-9-22-17(20)10-6-7-13-14(8-10)16(19)12-5-3-2-4-11(12)15(13)18;8-5-10-7(9)6-3-1-2-4-6;1-2-4-5-3-1;;;;/h2-8H,9H2,1H3;6,8H,1-5H2;1-5H2;1H4;2*1H3;/q;;;;2*-1;+2. The van der Waals surface area contributed by atoms with E-state index in [4.69, 9.17) is 9.84 Å². The van der Waals surface area contributed by atoms with Crippen LogP contribution in [0, 0.1) is 20.8 Å². The molecule has 0 amide bonds. The van der Waals surface area contributed by atoms with E-state index in [1.165, 1.54) is 57.4 Å². The molecule has 0 aliphatic heterocycles. The second kappa shape index (κ2) is 20.9. The fraction of sp³-hybridized carbons (Fsp3) is 0.438. The number of fused-ring (bicyclic) bond motifs is 2. The van der Waals surface area contributed by atoms with Crippen molar-refractivity contribution in [2.45, 2.75) is 65.2 Å². The van der Waals surface area contributed by atoms with Crippen molar-refractivity contribution in [1.29, 1.82) is 0 Å². The number of ether oxygens (including phenoxy) is 3. The molecule has 0 radical (unpaired) electrons. The molecule has 0 bridgehead atoms.